The molecule has 31 heavy (non-hydrogen) atoms. The number of nitrogens with zero attached hydrogens (tertiary/aromatic N) is 4. The minimum absolute atomic E-state index is 0.164. The first-order valence-electron chi connectivity index (χ1n) is 9.28. The predicted molar refractivity (Wildman–Crippen MR) is 121 cm³/mol. The fourth-order valence-corrected chi connectivity index (χ4v) is 4.33. The molecule has 0 fully saturated rings. The Kier molecular flexibility index (Phi) is 6.28. The first-order chi connectivity index (χ1) is 15.0. The van der Waals surface area contributed by atoms with E-state index in [1.165, 1.54) is 19.2 Å². The number of methoxy groups -OCH3 is 1. The predicted octanol–water partition coefficient (Wildman–Crippen LogP) is 3.22. The molecule has 0 amide bonds. The van der Waals surface area contributed by atoms with Gasteiger partial charge in [-0.2, -0.15) is 0 Å². The highest BCUT2D eigenvalue weighted by atomic mass is 79.9. The summed E-state index contributed by atoms with van der Waals surface area (Å²) < 4.78 is 34.6. The Morgan fingerprint density at radius 3 is 2.68 bits per heavy atom. The van der Waals surface area contributed by atoms with Crippen molar-refractivity contribution in [3.63, 3.8) is 0 Å². The van der Waals surface area contributed by atoms with Crippen molar-refractivity contribution in [3.8, 4) is 11.4 Å². The lowest BCUT2D eigenvalue weighted by atomic mass is 10.3. The van der Waals surface area contributed by atoms with Crippen molar-refractivity contribution in [2.45, 2.75) is 4.90 Å². The second-order valence-electron chi connectivity index (χ2n) is 6.50. The van der Waals surface area contributed by atoms with Crippen LogP contribution in [0.1, 0.15) is 0 Å². The van der Waals surface area contributed by atoms with Crippen LogP contribution in [0.15, 0.2) is 70.4 Å². The Hall–Kier alpha value is -2.86. The second-order valence-corrected chi connectivity index (χ2v) is 9.12. The van der Waals surface area contributed by atoms with Gasteiger partial charge >= 0.3 is 0 Å². The minimum atomic E-state index is -3.59. The molecule has 0 saturated heterocycles. The number of anilines is 2. The van der Waals surface area contributed by atoms with Crippen molar-refractivity contribution in [2.75, 3.05) is 25.6 Å². The maximum Gasteiger partial charge on any atom is 0.240 e. The molecule has 160 valence electrons. The Morgan fingerprint density at radius 1 is 1.10 bits per heavy atom. The van der Waals surface area contributed by atoms with Gasteiger partial charge in [0.25, 0.3) is 0 Å². The van der Waals surface area contributed by atoms with Crippen LogP contribution in [-0.4, -0.2) is 48.0 Å². The molecule has 2 N–H and O–H groups in total. The zero-order valence-corrected chi connectivity index (χ0v) is 18.9. The third kappa shape index (κ3) is 4.74. The minimum Gasteiger partial charge on any atom is -0.383 e. The molecule has 9 nitrogen and oxygen atoms in total. The summed E-state index contributed by atoms with van der Waals surface area (Å²) in [5.41, 5.74) is 2.96. The normalized spacial score (nSPS) is 11.7. The first kappa shape index (κ1) is 21.4. The first-order valence-corrected chi connectivity index (χ1v) is 11.6. The number of imidazole rings is 1. The van der Waals surface area contributed by atoms with Crippen LogP contribution >= 0.6 is 15.9 Å². The zero-order valence-electron chi connectivity index (χ0n) is 16.5. The molecule has 0 unspecified atom stereocenters. The lowest BCUT2D eigenvalue weighted by Gasteiger charge is -2.10. The third-order valence-corrected chi connectivity index (χ3v) is 6.48. The van der Waals surface area contributed by atoms with Crippen molar-refractivity contribution in [3.05, 3.63) is 65.5 Å². The molecule has 0 saturated carbocycles. The van der Waals surface area contributed by atoms with Crippen LogP contribution in [0, 0.1) is 0 Å². The molecule has 3 aromatic heterocycles. The summed E-state index contributed by atoms with van der Waals surface area (Å²) in [7, 11) is -2.08. The average Bonchev–Trinajstić information content (AvgIpc) is 3.20. The number of aromatic nitrogens is 4. The van der Waals surface area contributed by atoms with Gasteiger partial charge in [-0.15, -0.1) is 0 Å². The van der Waals surface area contributed by atoms with Crippen molar-refractivity contribution >= 4 is 43.2 Å². The van der Waals surface area contributed by atoms with Gasteiger partial charge in [0.1, 0.15) is 11.3 Å². The highest BCUT2D eigenvalue weighted by Gasteiger charge is 2.15. The summed E-state index contributed by atoms with van der Waals surface area (Å²) in [6.45, 7) is 0.506. The van der Waals surface area contributed by atoms with E-state index in [0.29, 0.717) is 23.9 Å². The number of halogens is 1. The van der Waals surface area contributed by atoms with Crippen LogP contribution in [0.2, 0.25) is 0 Å². The number of sulfonamides is 1. The van der Waals surface area contributed by atoms with Gasteiger partial charge < -0.3 is 10.1 Å². The van der Waals surface area contributed by atoms with Crippen molar-refractivity contribution < 1.29 is 13.2 Å². The van der Waals surface area contributed by atoms with Crippen molar-refractivity contribution in [1.82, 2.24) is 24.1 Å². The maximum absolute atomic E-state index is 12.3. The Morgan fingerprint density at radius 2 is 1.90 bits per heavy atom. The van der Waals surface area contributed by atoms with Crippen LogP contribution in [0.5, 0.6) is 0 Å². The van der Waals surface area contributed by atoms with E-state index in [1.54, 1.807) is 24.5 Å². The zero-order chi connectivity index (χ0) is 21.8. The van der Waals surface area contributed by atoms with Gasteiger partial charge in [-0.25, -0.2) is 28.1 Å². The van der Waals surface area contributed by atoms with Gasteiger partial charge in [-0.1, -0.05) is 6.07 Å². The van der Waals surface area contributed by atoms with E-state index in [1.807, 2.05) is 28.8 Å². The maximum atomic E-state index is 12.3. The summed E-state index contributed by atoms with van der Waals surface area (Å²) in [6, 6.07) is 12.1. The standard InChI is InChI=1S/C20H19BrN6O3S/c1-30-11-9-24-31(28,29)15-7-5-14(6-8-15)25-20-23-12-16(21)19(26-20)17-13-22-18-4-2-3-10-27(17)18/h2-8,10,12-13,24H,9,11H2,1H3,(H,23,25,26). The second kappa shape index (κ2) is 9.10. The number of ether oxygens (including phenoxy) is 1. The van der Waals surface area contributed by atoms with E-state index in [-0.39, 0.29) is 11.4 Å². The number of benzene rings is 1. The van der Waals surface area contributed by atoms with E-state index < -0.39 is 10.0 Å². The highest BCUT2D eigenvalue weighted by molar-refractivity contribution is 9.10. The van der Waals surface area contributed by atoms with Gasteiger partial charge in [0.2, 0.25) is 16.0 Å². The summed E-state index contributed by atoms with van der Waals surface area (Å²) >= 11 is 3.50. The Bertz CT molecular complexity index is 1310. The molecule has 0 bridgehead atoms. The topological polar surface area (TPSA) is 111 Å². The monoisotopic (exact) mass is 502 g/mol. The smallest absolute Gasteiger partial charge is 0.240 e. The molecule has 11 heteroatoms. The molecule has 0 aliphatic rings. The SMILES string of the molecule is COCCNS(=O)(=O)c1ccc(Nc2ncc(Br)c(-c3cnc4ccccn34)n2)cc1. The fraction of sp³-hybridized carbons (Fsp3) is 0.150. The van der Waals surface area contributed by atoms with Crippen LogP contribution < -0.4 is 10.0 Å². The quantitative estimate of drug-likeness (QED) is 0.355. The van der Waals surface area contributed by atoms with E-state index in [0.717, 1.165) is 15.8 Å². The van der Waals surface area contributed by atoms with Gasteiger partial charge in [0.15, 0.2) is 0 Å². The van der Waals surface area contributed by atoms with Crippen LogP contribution in [0.4, 0.5) is 11.6 Å². The summed E-state index contributed by atoms with van der Waals surface area (Å²) in [6.07, 6.45) is 5.33. The number of hydrogen-bond acceptors (Lipinski definition) is 7. The molecule has 0 aliphatic heterocycles. The Labute approximate surface area is 187 Å². The molecule has 0 atom stereocenters. The number of fused-ring (bicyclic) bond motifs is 1. The van der Waals surface area contributed by atoms with Gasteiger partial charge in [-0.05, 0) is 52.3 Å². The molecule has 3 heterocycles. The molecule has 0 spiro atoms. The van der Waals surface area contributed by atoms with E-state index in [4.69, 9.17) is 4.74 Å². The largest absolute Gasteiger partial charge is 0.383 e. The molecular formula is C20H19BrN6O3S. The molecule has 0 radical (unpaired) electrons. The van der Waals surface area contributed by atoms with Crippen LogP contribution in [0.3, 0.4) is 0 Å². The highest BCUT2D eigenvalue weighted by Crippen LogP contribution is 2.28. The lowest BCUT2D eigenvalue weighted by molar-refractivity contribution is 0.204. The van der Waals surface area contributed by atoms with E-state index in [9.17, 15) is 8.42 Å². The fourth-order valence-electron chi connectivity index (χ4n) is 2.92. The van der Waals surface area contributed by atoms with Crippen molar-refractivity contribution in [2.24, 2.45) is 0 Å². The van der Waals surface area contributed by atoms with Gasteiger partial charge in [-0.3, -0.25) is 4.40 Å². The molecule has 1 aromatic carbocycles. The van der Waals surface area contributed by atoms with Crippen LogP contribution in [0.25, 0.3) is 17.0 Å². The van der Waals surface area contributed by atoms with Crippen molar-refractivity contribution in [1.29, 1.82) is 0 Å². The molecule has 4 aromatic rings. The Balaban J connectivity index is 1.56. The molecule has 0 aliphatic carbocycles. The number of pyridine rings is 1. The van der Waals surface area contributed by atoms with Gasteiger partial charge in [0, 0.05) is 31.7 Å². The third-order valence-electron chi connectivity index (χ3n) is 4.42. The van der Waals surface area contributed by atoms with Crippen LogP contribution in [-0.2, 0) is 14.8 Å². The van der Waals surface area contributed by atoms with Gasteiger partial charge in [0.05, 0.1) is 27.9 Å². The summed E-state index contributed by atoms with van der Waals surface area (Å²) in [5, 5.41) is 3.10. The summed E-state index contributed by atoms with van der Waals surface area (Å²) in [5.74, 6) is 0.373. The summed E-state index contributed by atoms with van der Waals surface area (Å²) in [4.78, 5) is 13.5. The molecule has 4 rings (SSSR count). The van der Waals surface area contributed by atoms with E-state index >= 15 is 0 Å². The molecular weight excluding hydrogens is 484 g/mol. The average molecular weight is 503 g/mol. The number of nitrogens with one attached hydrogen (secondary N) is 2. The number of hydrogen-bond donors (Lipinski definition) is 2. The van der Waals surface area contributed by atoms with E-state index in [2.05, 4.69) is 40.9 Å². The number of rotatable bonds is 8. The lowest BCUT2D eigenvalue weighted by Crippen LogP contribution is -2.27.